The first kappa shape index (κ1) is 15.4. The van der Waals surface area contributed by atoms with E-state index in [0.717, 1.165) is 12.1 Å². The third-order valence-electron chi connectivity index (χ3n) is 2.87. The van der Waals surface area contributed by atoms with Crippen molar-refractivity contribution in [3.8, 4) is 5.75 Å². The van der Waals surface area contributed by atoms with Crippen molar-refractivity contribution in [1.82, 2.24) is 0 Å². The third kappa shape index (κ3) is 4.24. The van der Waals surface area contributed by atoms with Gasteiger partial charge in [0.15, 0.2) is 0 Å². The van der Waals surface area contributed by atoms with Gasteiger partial charge < -0.3 is 14.8 Å². The summed E-state index contributed by atoms with van der Waals surface area (Å²) in [5.74, 6) is 0.485. The number of rotatable bonds is 4. The van der Waals surface area contributed by atoms with Crippen molar-refractivity contribution in [2.75, 3.05) is 0 Å². The molecule has 21 heavy (non-hydrogen) atoms. The predicted octanol–water partition coefficient (Wildman–Crippen LogP) is 1.96. The molecule has 0 saturated carbocycles. The van der Waals surface area contributed by atoms with Crippen LogP contribution in [0.1, 0.15) is 11.1 Å². The van der Waals surface area contributed by atoms with Gasteiger partial charge in [0.2, 0.25) is 0 Å². The molecule has 0 fully saturated rings. The minimum atomic E-state index is -4.35. The lowest BCUT2D eigenvalue weighted by atomic mass is 9.80. The Morgan fingerprint density at radius 3 is 1.95 bits per heavy atom. The molecular formula is C14H12BF3O3. The summed E-state index contributed by atoms with van der Waals surface area (Å²) in [5, 5.41) is 17.9. The van der Waals surface area contributed by atoms with Crippen LogP contribution < -0.4 is 10.2 Å². The molecule has 0 atom stereocenters. The van der Waals surface area contributed by atoms with E-state index in [9.17, 15) is 13.2 Å². The van der Waals surface area contributed by atoms with Crippen LogP contribution in [0.3, 0.4) is 0 Å². The second-order valence-electron chi connectivity index (χ2n) is 4.43. The summed E-state index contributed by atoms with van der Waals surface area (Å²) in [6.45, 7) is 0.124. The molecule has 0 aliphatic heterocycles. The fraction of sp³-hybridized carbons (Fsp3) is 0.143. The summed E-state index contributed by atoms with van der Waals surface area (Å²) in [4.78, 5) is 0. The topological polar surface area (TPSA) is 49.7 Å². The van der Waals surface area contributed by atoms with E-state index in [2.05, 4.69) is 0 Å². The van der Waals surface area contributed by atoms with Crippen LogP contribution in [0, 0.1) is 0 Å². The molecular weight excluding hydrogens is 284 g/mol. The Bertz CT molecular complexity index is 580. The van der Waals surface area contributed by atoms with Crippen molar-refractivity contribution in [1.29, 1.82) is 0 Å². The van der Waals surface area contributed by atoms with Gasteiger partial charge in [0, 0.05) is 0 Å². The normalized spacial score (nSPS) is 11.3. The SMILES string of the molecule is OB(O)c1ccc(OCc2ccc(C(F)(F)F)cc2)cc1. The van der Waals surface area contributed by atoms with Gasteiger partial charge in [-0.25, -0.2) is 0 Å². The Morgan fingerprint density at radius 2 is 1.48 bits per heavy atom. The molecule has 0 saturated heterocycles. The molecule has 0 bridgehead atoms. The van der Waals surface area contributed by atoms with Gasteiger partial charge in [-0.3, -0.25) is 0 Å². The lowest BCUT2D eigenvalue weighted by Gasteiger charge is -2.09. The van der Waals surface area contributed by atoms with Crippen LogP contribution in [0.5, 0.6) is 5.75 Å². The average Bonchev–Trinajstić information content (AvgIpc) is 2.45. The Labute approximate surface area is 119 Å². The third-order valence-corrected chi connectivity index (χ3v) is 2.87. The van der Waals surface area contributed by atoms with Crippen molar-refractivity contribution in [3.63, 3.8) is 0 Å². The van der Waals surface area contributed by atoms with Crippen LogP contribution in [0.25, 0.3) is 0 Å². The van der Waals surface area contributed by atoms with Gasteiger partial charge in [-0.1, -0.05) is 24.3 Å². The van der Waals surface area contributed by atoms with Crippen LogP contribution in [-0.4, -0.2) is 17.2 Å². The molecule has 7 heteroatoms. The zero-order valence-corrected chi connectivity index (χ0v) is 10.8. The quantitative estimate of drug-likeness (QED) is 0.848. The van der Waals surface area contributed by atoms with E-state index < -0.39 is 18.9 Å². The molecule has 0 spiro atoms. The largest absolute Gasteiger partial charge is 0.489 e. The van der Waals surface area contributed by atoms with E-state index >= 15 is 0 Å². The first-order valence-corrected chi connectivity index (χ1v) is 6.11. The van der Waals surface area contributed by atoms with E-state index in [0.29, 0.717) is 16.8 Å². The van der Waals surface area contributed by atoms with E-state index in [-0.39, 0.29) is 6.61 Å². The van der Waals surface area contributed by atoms with E-state index in [1.807, 2.05) is 0 Å². The van der Waals surface area contributed by atoms with Gasteiger partial charge in [0.05, 0.1) is 5.56 Å². The highest BCUT2D eigenvalue weighted by Crippen LogP contribution is 2.29. The van der Waals surface area contributed by atoms with Gasteiger partial charge in [0.25, 0.3) is 0 Å². The van der Waals surface area contributed by atoms with Crippen molar-refractivity contribution < 1.29 is 28.0 Å². The molecule has 0 amide bonds. The van der Waals surface area contributed by atoms with Crippen LogP contribution in [0.15, 0.2) is 48.5 Å². The monoisotopic (exact) mass is 296 g/mol. The highest BCUT2D eigenvalue weighted by Gasteiger charge is 2.29. The molecule has 110 valence electrons. The maximum absolute atomic E-state index is 12.4. The first-order chi connectivity index (χ1) is 9.86. The molecule has 2 N–H and O–H groups in total. The summed E-state index contributed by atoms with van der Waals surface area (Å²) >= 11 is 0. The lowest BCUT2D eigenvalue weighted by molar-refractivity contribution is -0.137. The zero-order chi connectivity index (χ0) is 15.5. The van der Waals surface area contributed by atoms with Crippen LogP contribution in [0.2, 0.25) is 0 Å². The van der Waals surface area contributed by atoms with Gasteiger partial charge in [-0.15, -0.1) is 0 Å². The number of hydrogen-bond donors (Lipinski definition) is 2. The van der Waals surface area contributed by atoms with Gasteiger partial charge in [-0.05, 0) is 35.3 Å². The van der Waals surface area contributed by atoms with Crippen molar-refractivity contribution >= 4 is 12.6 Å². The number of benzene rings is 2. The fourth-order valence-electron chi connectivity index (χ4n) is 1.69. The average molecular weight is 296 g/mol. The minimum Gasteiger partial charge on any atom is -0.489 e. The highest BCUT2D eigenvalue weighted by molar-refractivity contribution is 6.58. The Hall–Kier alpha value is -1.99. The zero-order valence-electron chi connectivity index (χ0n) is 10.8. The van der Waals surface area contributed by atoms with E-state index in [1.165, 1.54) is 24.3 Å². The fourth-order valence-corrected chi connectivity index (χ4v) is 1.69. The molecule has 2 aromatic carbocycles. The highest BCUT2D eigenvalue weighted by atomic mass is 19.4. The smallest absolute Gasteiger partial charge is 0.488 e. The standard InChI is InChI=1S/C14H12BF3O3/c16-14(17,18)11-3-1-10(2-4-11)9-21-13-7-5-12(6-8-13)15(19)20/h1-8,19-20H,9H2. The molecule has 0 heterocycles. The molecule has 2 aromatic rings. The number of hydrogen-bond acceptors (Lipinski definition) is 3. The Balaban J connectivity index is 1.96. The van der Waals surface area contributed by atoms with E-state index in [1.54, 1.807) is 12.1 Å². The minimum absolute atomic E-state index is 0.124. The molecule has 0 aromatic heterocycles. The maximum atomic E-state index is 12.4. The first-order valence-electron chi connectivity index (χ1n) is 6.11. The van der Waals surface area contributed by atoms with Crippen molar-refractivity contribution in [2.45, 2.75) is 12.8 Å². The summed E-state index contributed by atoms with van der Waals surface area (Å²) in [7, 11) is -1.55. The predicted molar refractivity (Wildman–Crippen MR) is 72.0 cm³/mol. The maximum Gasteiger partial charge on any atom is 0.488 e. The second-order valence-corrected chi connectivity index (χ2v) is 4.43. The second kappa shape index (κ2) is 6.20. The molecule has 0 aliphatic rings. The van der Waals surface area contributed by atoms with Crippen LogP contribution in [-0.2, 0) is 12.8 Å². The molecule has 0 unspecified atom stereocenters. The van der Waals surface area contributed by atoms with Gasteiger partial charge in [0.1, 0.15) is 12.4 Å². The molecule has 3 nitrogen and oxygen atoms in total. The Kier molecular flexibility index (Phi) is 4.54. The van der Waals surface area contributed by atoms with Gasteiger partial charge in [-0.2, -0.15) is 13.2 Å². The van der Waals surface area contributed by atoms with Crippen LogP contribution in [0.4, 0.5) is 13.2 Å². The number of ether oxygens (including phenoxy) is 1. The molecule has 2 rings (SSSR count). The van der Waals surface area contributed by atoms with Crippen LogP contribution >= 0.6 is 0 Å². The lowest BCUT2D eigenvalue weighted by Crippen LogP contribution is -2.29. The van der Waals surface area contributed by atoms with Gasteiger partial charge >= 0.3 is 13.3 Å². The summed E-state index contributed by atoms with van der Waals surface area (Å²) in [6, 6.07) is 10.8. The molecule has 0 aliphatic carbocycles. The number of alkyl halides is 3. The molecule has 0 radical (unpaired) electrons. The summed E-state index contributed by atoms with van der Waals surface area (Å²) < 4.78 is 42.6. The summed E-state index contributed by atoms with van der Waals surface area (Å²) in [5.41, 5.74) is 0.235. The van der Waals surface area contributed by atoms with Crippen molar-refractivity contribution in [2.24, 2.45) is 0 Å². The number of halogens is 3. The Morgan fingerprint density at radius 1 is 0.905 bits per heavy atom. The van der Waals surface area contributed by atoms with Crippen molar-refractivity contribution in [3.05, 3.63) is 59.7 Å². The summed E-state index contributed by atoms with van der Waals surface area (Å²) in [6.07, 6.45) is -4.35. The van der Waals surface area contributed by atoms with E-state index in [4.69, 9.17) is 14.8 Å².